The van der Waals surface area contributed by atoms with E-state index in [2.05, 4.69) is 5.10 Å². The van der Waals surface area contributed by atoms with Crippen LogP contribution in [0.4, 0.5) is 0 Å². The Morgan fingerprint density at radius 2 is 1.86 bits per heavy atom. The largest absolute Gasteiger partial charge is 0.508 e. The smallest absolute Gasteiger partial charge is 0.269 e. The summed E-state index contributed by atoms with van der Waals surface area (Å²) in [5.74, 6) is 0.214. The van der Waals surface area contributed by atoms with Gasteiger partial charge in [0.25, 0.3) is 5.56 Å². The molecule has 0 aliphatic heterocycles. The van der Waals surface area contributed by atoms with E-state index >= 15 is 0 Å². The summed E-state index contributed by atoms with van der Waals surface area (Å²) in [4.78, 5) is 14.1. The third kappa shape index (κ3) is 4.31. The van der Waals surface area contributed by atoms with E-state index in [9.17, 15) is 9.90 Å². The second kappa shape index (κ2) is 7.24. The third-order valence-corrected chi connectivity index (χ3v) is 3.08. The summed E-state index contributed by atoms with van der Waals surface area (Å²) >= 11 is 0. The van der Waals surface area contributed by atoms with E-state index in [0.29, 0.717) is 12.1 Å². The Morgan fingerprint density at radius 3 is 2.43 bits per heavy atom. The Bertz CT molecular complexity index is 651. The Morgan fingerprint density at radius 1 is 1.24 bits per heavy atom. The van der Waals surface area contributed by atoms with E-state index in [1.54, 1.807) is 37.3 Å². The molecule has 0 spiro atoms. The molecule has 0 fully saturated rings. The number of aromatic nitrogens is 2. The van der Waals surface area contributed by atoms with Crippen molar-refractivity contribution >= 4 is 12.4 Å². The van der Waals surface area contributed by atoms with Crippen molar-refractivity contribution in [2.75, 3.05) is 20.6 Å². The van der Waals surface area contributed by atoms with Gasteiger partial charge in [-0.2, -0.15) is 5.10 Å². The first-order valence-electron chi connectivity index (χ1n) is 6.50. The van der Waals surface area contributed by atoms with Gasteiger partial charge in [-0.25, -0.2) is 4.68 Å². The minimum Gasteiger partial charge on any atom is -0.508 e. The summed E-state index contributed by atoms with van der Waals surface area (Å²) in [6.45, 7) is 3.10. The molecule has 0 aliphatic rings. The average molecular weight is 310 g/mol. The van der Waals surface area contributed by atoms with Crippen molar-refractivity contribution in [3.05, 3.63) is 46.2 Å². The van der Waals surface area contributed by atoms with Gasteiger partial charge in [-0.1, -0.05) is 0 Å². The van der Waals surface area contributed by atoms with Crippen LogP contribution in [-0.4, -0.2) is 40.4 Å². The molecular weight excluding hydrogens is 290 g/mol. The van der Waals surface area contributed by atoms with Gasteiger partial charge in [0, 0.05) is 17.7 Å². The minimum absolute atomic E-state index is 0. The van der Waals surface area contributed by atoms with Gasteiger partial charge in [-0.3, -0.25) is 4.79 Å². The van der Waals surface area contributed by atoms with Gasteiger partial charge in [-0.05, 0) is 51.4 Å². The second-order valence-corrected chi connectivity index (χ2v) is 5.09. The molecule has 1 aromatic heterocycles. The molecule has 0 radical (unpaired) electrons. The van der Waals surface area contributed by atoms with Crippen molar-refractivity contribution in [3.63, 3.8) is 0 Å². The number of phenolic OH excluding ortho intramolecular Hbond substituents is 1. The number of halogens is 1. The molecule has 0 atom stereocenters. The Hall–Kier alpha value is -1.85. The Kier molecular flexibility index (Phi) is 5.93. The molecule has 0 saturated carbocycles. The van der Waals surface area contributed by atoms with Crippen LogP contribution in [0.25, 0.3) is 11.3 Å². The lowest BCUT2D eigenvalue weighted by molar-refractivity contribution is 0.367. The zero-order chi connectivity index (χ0) is 14.7. The first-order valence-corrected chi connectivity index (χ1v) is 6.50. The molecule has 6 heteroatoms. The SMILES string of the molecule is Cc1cc(-c2ccc(O)cc2)nn(CCN(C)C)c1=O.Cl. The molecule has 0 aliphatic carbocycles. The van der Waals surface area contributed by atoms with Crippen molar-refractivity contribution in [3.8, 4) is 17.0 Å². The van der Waals surface area contributed by atoms with Crippen LogP contribution in [0.5, 0.6) is 5.75 Å². The quantitative estimate of drug-likeness (QED) is 0.937. The zero-order valence-electron chi connectivity index (χ0n) is 12.4. The minimum atomic E-state index is -0.0608. The summed E-state index contributed by atoms with van der Waals surface area (Å²) in [5.41, 5.74) is 2.22. The van der Waals surface area contributed by atoms with E-state index in [4.69, 9.17) is 0 Å². The van der Waals surface area contributed by atoms with Crippen LogP contribution in [-0.2, 0) is 6.54 Å². The number of hydrogen-bond donors (Lipinski definition) is 1. The molecule has 1 N–H and O–H groups in total. The maximum absolute atomic E-state index is 12.1. The van der Waals surface area contributed by atoms with Gasteiger partial charge >= 0.3 is 0 Å². The van der Waals surface area contributed by atoms with Crippen molar-refractivity contribution in [2.45, 2.75) is 13.5 Å². The molecule has 0 bridgehead atoms. The van der Waals surface area contributed by atoms with E-state index < -0.39 is 0 Å². The van der Waals surface area contributed by atoms with Crippen LogP contribution in [0.2, 0.25) is 0 Å². The van der Waals surface area contributed by atoms with Gasteiger partial charge in [0.1, 0.15) is 5.75 Å². The van der Waals surface area contributed by atoms with Crippen molar-refractivity contribution < 1.29 is 5.11 Å². The number of benzene rings is 1. The lowest BCUT2D eigenvalue weighted by atomic mass is 10.1. The highest BCUT2D eigenvalue weighted by Crippen LogP contribution is 2.19. The average Bonchev–Trinajstić information content (AvgIpc) is 2.41. The van der Waals surface area contributed by atoms with E-state index in [1.165, 1.54) is 4.68 Å². The lowest BCUT2D eigenvalue weighted by Crippen LogP contribution is -2.30. The number of aromatic hydroxyl groups is 1. The van der Waals surface area contributed by atoms with Crippen LogP contribution in [0.3, 0.4) is 0 Å². The molecule has 2 rings (SSSR count). The van der Waals surface area contributed by atoms with Crippen molar-refractivity contribution in [1.82, 2.24) is 14.7 Å². The van der Waals surface area contributed by atoms with Crippen molar-refractivity contribution in [2.24, 2.45) is 0 Å². The summed E-state index contributed by atoms with van der Waals surface area (Å²) in [7, 11) is 3.92. The maximum Gasteiger partial charge on any atom is 0.269 e. The topological polar surface area (TPSA) is 58.4 Å². The van der Waals surface area contributed by atoms with Gasteiger partial charge < -0.3 is 10.0 Å². The number of rotatable bonds is 4. The molecule has 1 heterocycles. The fraction of sp³-hybridized carbons (Fsp3) is 0.333. The first kappa shape index (κ1) is 17.2. The van der Waals surface area contributed by atoms with Gasteiger partial charge in [0.15, 0.2) is 0 Å². The number of phenols is 1. The predicted octanol–water partition coefficient (Wildman–Crippen LogP) is 1.91. The summed E-state index contributed by atoms with van der Waals surface area (Å²) in [6, 6.07) is 8.58. The molecule has 0 amide bonds. The van der Waals surface area contributed by atoms with Gasteiger partial charge in [-0.15, -0.1) is 12.4 Å². The van der Waals surface area contributed by atoms with E-state index in [-0.39, 0.29) is 23.7 Å². The molecule has 21 heavy (non-hydrogen) atoms. The van der Waals surface area contributed by atoms with Crippen LogP contribution in [0.15, 0.2) is 35.1 Å². The fourth-order valence-electron chi connectivity index (χ4n) is 1.89. The molecule has 0 unspecified atom stereocenters. The fourth-order valence-corrected chi connectivity index (χ4v) is 1.89. The number of hydrogen-bond acceptors (Lipinski definition) is 4. The van der Waals surface area contributed by atoms with E-state index in [1.807, 2.05) is 19.0 Å². The molecular formula is C15H20ClN3O2. The maximum atomic E-state index is 12.1. The Balaban J connectivity index is 0.00000220. The summed E-state index contributed by atoms with van der Waals surface area (Å²) in [5, 5.41) is 13.7. The normalized spacial score (nSPS) is 10.5. The third-order valence-electron chi connectivity index (χ3n) is 3.08. The lowest BCUT2D eigenvalue weighted by Gasteiger charge is -2.12. The van der Waals surface area contributed by atoms with Gasteiger partial charge in [0.2, 0.25) is 0 Å². The number of likely N-dealkylation sites (N-methyl/N-ethyl adjacent to an activating group) is 1. The first-order chi connectivity index (χ1) is 9.47. The molecule has 0 saturated heterocycles. The molecule has 1 aromatic carbocycles. The Labute approximate surface area is 130 Å². The monoisotopic (exact) mass is 309 g/mol. The summed E-state index contributed by atoms with van der Waals surface area (Å²) in [6.07, 6.45) is 0. The highest BCUT2D eigenvalue weighted by atomic mass is 35.5. The number of nitrogens with zero attached hydrogens (tertiary/aromatic N) is 3. The number of aryl methyl sites for hydroxylation is 1. The van der Waals surface area contributed by atoms with E-state index in [0.717, 1.165) is 17.8 Å². The van der Waals surface area contributed by atoms with Crippen LogP contribution < -0.4 is 5.56 Å². The second-order valence-electron chi connectivity index (χ2n) is 5.09. The predicted molar refractivity (Wildman–Crippen MR) is 86.1 cm³/mol. The van der Waals surface area contributed by atoms with Crippen LogP contribution in [0.1, 0.15) is 5.56 Å². The van der Waals surface area contributed by atoms with Crippen LogP contribution in [0, 0.1) is 6.92 Å². The zero-order valence-corrected chi connectivity index (χ0v) is 13.2. The standard InChI is InChI=1S/C15H19N3O2.ClH/c1-11-10-14(12-4-6-13(19)7-5-12)16-18(15(11)20)9-8-17(2)3;/h4-7,10,19H,8-9H2,1-3H3;1H. The summed E-state index contributed by atoms with van der Waals surface area (Å²) < 4.78 is 1.50. The molecule has 114 valence electrons. The highest BCUT2D eigenvalue weighted by molar-refractivity contribution is 5.85. The van der Waals surface area contributed by atoms with Gasteiger partial charge in [0.05, 0.1) is 12.2 Å². The van der Waals surface area contributed by atoms with Crippen LogP contribution >= 0.6 is 12.4 Å². The molecule has 5 nitrogen and oxygen atoms in total. The molecule has 2 aromatic rings. The highest BCUT2D eigenvalue weighted by Gasteiger charge is 2.07. The van der Waals surface area contributed by atoms with Crippen molar-refractivity contribution in [1.29, 1.82) is 0 Å².